The molecule has 0 bridgehead atoms. The molecule has 0 radical (unpaired) electrons. The van der Waals surface area contributed by atoms with Gasteiger partial charge in [0.05, 0.1) is 6.04 Å². The number of terminal acetylenes is 1. The Balaban J connectivity index is 2.82. The van der Waals surface area contributed by atoms with Crippen molar-refractivity contribution in [1.29, 1.82) is 0 Å². The van der Waals surface area contributed by atoms with Crippen LogP contribution in [-0.2, 0) is 6.42 Å². The number of rotatable bonds is 3. The van der Waals surface area contributed by atoms with E-state index in [-0.39, 0.29) is 6.04 Å². The Hall–Kier alpha value is -1.26. The molecule has 0 heterocycles. The molecule has 0 fully saturated rings. The molecule has 1 rings (SSSR count). The minimum Gasteiger partial charge on any atom is -0.306 e. The monoisotopic (exact) mass is 187 g/mol. The molecule has 14 heavy (non-hydrogen) atoms. The summed E-state index contributed by atoms with van der Waals surface area (Å²) in [5, 5.41) is 3.10. The van der Waals surface area contributed by atoms with E-state index in [9.17, 15) is 0 Å². The van der Waals surface area contributed by atoms with E-state index >= 15 is 0 Å². The zero-order valence-electron chi connectivity index (χ0n) is 9.09. The highest BCUT2D eigenvalue weighted by molar-refractivity contribution is 5.30. The Morgan fingerprint density at radius 3 is 2.29 bits per heavy atom. The van der Waals surface area contributed by atoms with Crippen LogP contribution in [0.4, 0.5) is 0 Å². The predicted molar refractivity (Wildman–Crippen MR) is 61.3 cm³/mol. The van der Waals surface area contributed by atoms with Crippen LogP contribution in [0.2, 0.25) is 0 Å². The maximum atomic E-state index is 5.39. The number of benzene rings is 1. The number of aryl methyl sites for hydroxylation is 2. The lowest BCUT2D eigenvalue weighted by atomic mass is 10.0. The summed E-state index contributed by atoms with van der Waals surface area (Å²) in [6.45, 7) is 4.22. The molecular formula is C13H17N. The van der Waals surface area contributed by atoms with Crippen LogP contribution in [0.5, 0.6) is 0 Å². The molecule has 0 amide bonds. The number of likely N-dealkylation sites (N-methyl/N-ethyl adjacent to an activating group) is 1. The van der Waals surface area contributed by atoms with E-state index in [4.69, 9.17) is 6.42 Å². The Labute approximate surface area is 86.5 Å². The molecule has 0 aliphatic rings. The molecule has 1 atom stereocenters. The molecule has 1 aromatic rings. The molecule has 1 nitrogen and oxygen atoms in total. The number of hydrogen-bond donors (Lipinski definition) is 1. The zero-order chi connectivity index (χ0) is 10.6. The highest BCUT2D eigenvalue weighted by atomic mass is 14.8. The summed E-state index contributed by atoms with van der Waals surface area (Å²) in [6.07, 6.45) is 6.29. The summed E-state index contributed by atoms with van der Waals surface area (Å²) in [4.78, 5) is 0. The zero-order valence-corrected chi connectivity index (χ0v) is 9.09. The van der Waals surface area contributed by atoms with Crippen molar-refractivity contribution in [3.8, 4) is 12.3 Å². The lowest BCUT2D eigenvalue weighted by molar-refractivity contribution is 0.683. The van der Waals surface area contributed by atoms with E-state index in [0.717, 1.165) is 6.42 Å². The SMILES string of the molecule is C#CC(Cc1cc(C)cc(C)c1)NC. The van der Waals surface area contributed by atoms with Gasteiger partial charge in [0.25, 0.3) is 0 Å². The predicted octanol–water partition coefficient (Wildman–Crippen LogP) is 2.07. The molecule has 0 aliphatic carbocycles. The van der Waals surface area contributed by atoms with Crippen LogP contribution in [0.25, 0.3) is 0 Å². The van der Waals surface area contributed by atoms with Crippen LogP contribution in [0, 0.1) is 26.2 Å². The van der Waals surface area contributed by atoms with E-state index in [1.54, 1.807) is 0 Å². The second-order valence-electron chi connectivity index (χ2n) is 3.71. The first-order valence-corrected chi connectivity index (χ1v) is 4.86. The van der Waals surface area contributed by atoms with Crippen LogP contribution < -0.4 is 5.32 Å². The van der Waals surface area contributed by atoms with Crippen LogP contribution in [0.1, 0.15) is 16.7 Å². The second-order valence-corrected chi connectivity index (χ2v) is 3.71. The summed E-state index contributed by atoms with van der Waals surface area (Å²) >= 11 is 0. The highest BCUT2D eigenvalue weighted by Gasteiger charge is 2.03. The van der Waals surface area contributed by atoms with Crippen LogP contribution in [0.3, 0.4) is 0 Å². The molecule has 74 valence electrons. The summed E-state index contributed by atoms with van der Waals surface area (Å²) in [6, 6.07) is 6.69. The van der Waals surface area contributed by atoms with Crippen LogP contribution >= 0.6 is 0 Å². The first kappa shape index (κ1) is 10.8. The molecule has 1 aromatic carbocycles. The van der Waals surface area contributed by atoms with Gasteiger partial charge in [-0.2, -0.15) is 0 Å². The van der Waals surface area contributed by atoms with Crippen molar-refractivity contribution in [3.63, 3.8) is 0 Å². The van der Waals surface area contributed by atoms with E-state index in [1.807, 2.05) is 7.05 Å². The molecule has 0 spiro atoms. The fraction of sp³-hybridized carbons (Fsp3) is 0.385. The minimum atomic E-state index is 0.135. The molecule has 0 aliphatic heterocycles. The van der Waals surface area contributed by atoms with E-state index in [1.165, 1.54) is 16.7 Å². The normalized spacial score (nSPS) is 12.1. The average molecular weight is 187 g/mol. The fourth-order valence-corrected chi connectivity index (χ4v) is 1.67. The molecule has 1 N–H and O–H groups in total. The molecule has 0 saturated heterocycles. The quantitative estimate of drug-likeness (QED) is 0.714. The maximum Gasteiger partial charge on any atom is 0.0725 e. The Morgan fingerprint density at radius 1 is 1.29 bits per heavy atom. The van der Waals surface area contributed by atoms with Crippen LogP contribution in [-0.4, -0.2) is 13.1 Å². The molecule has 1 heteroatoms. The first-order chi connectivity index (χ1) is 6.65. The van der Waals surface area contributed by atoms with E-state index < -0.39 is 0 Å². The Kier molecular flexibility index (Phi) is 3.73. The van der Waals surface area contributed by atoms with Gasteiger partial charge in [0, 0.05) is 0 Å². The third-order valence-electron chi connectivity index (χ3n) is 2.27. The summed E-state index contributed by atoms with van der Waals surface area (Å²) in [7, 11) is 1.90. The van der Waals surface area contributed by atoms with Gasteiger partial charge in [-0.3, -0.25) is 0 Å². The fourth-order valence-electron chi connectivity index (χ4n) is 1.67. The molecule has 1 unspecified atom stereocenters. The topological polar surface area (TPSA) is 12.0 Å². The van der Waals surface area contributed by atoms with E-state index in [0.29, 0.717) is 0 Å². The lowest BCUT2D eigenvalue weighted by Crippen LogP contribution is -2.25. The first-order valence-electron chi connectivity index (χ1n) is 4.86. The third kappa shape index (κ3) is 2.90. The average Bonchev–Trinajstić information content (AvgIpc) is 2.12. The molecule has 0 saturated carbocycles. The minimum absolute atomic E-state index is 0.135. The van der Waals surface area contributed by atoms with Crippen molar-refractivity contribution < 1.29 is 0 Å². The van der Waals surface area contributed by atoms with Crippen molar-refractivity contribution in [2.75, 3.05) is 7.05 Å². The van der Waals surface area contributed by atoms with Crippen molar-refractivity contribution in [1.82, 2.24) is 5.32 Å². The van der Waals surface area contributed by atoms with Crippen molar-refractivity contribution in [2.45, 2.75) is 26.3 Å². The largest absolute Gasteiger partial charge is 0.306 e. The highest BCUT2D eigenvalue weighted by Crippen LogP contribution is 2.10. The van der Waals surface area contributed by atoms with Crippen molar-refractivity contribution in [3.05, 3.63) is 34.9 Å². The smallest absolute Gasteiger partial charge is 0.0725 e. The van der Waals surface area contributed by atoms with Gasteiger partial charge in [0.2, 0.25) is 0 Å². The summed E-state index contributed by atoms with van der Waals surface area (Å²) in [5.41, 5.74) is 3.90. The van der Waals surface area contributed by atoms with Gasteiger partial charge in [-0.15, -0.1) is 6.42 Å². The van der Waals surface area contributed by atoms with Crippen molar-refractivity contribution in [2.24, 2.45) is 0 Å². The molecule has 0 aromatic heterocycles. The molecular weight excluding hydrogens is 170 g/mol. The maximum absolute atomic E-state index is 5.39. The van der Waals surface area contributed by atoms with Gasteiger partial charge < -0.3 is 5.32 Å². The van der Waals surface area contributed by atoms with Gasteiger partial charge in [0.15, 0.2) is 0 Å². The summed E-state index contributed by atoms with van der Waals surface area (Å²) < 4.78 is 0. The number of nitrogens with one attached hydrogen (secondary N) is 1. The van der Waals surface area contributed by atoms with Gasteiger partial charge >= 0.3 is 0 Å². The van der Waals surface area contributed by atoms with Gasteiger partial charge in [-0.05, 0) is 32.9 Å². The van der Waals surface area contributed by atoms with Gasteiger partial charge in [0.1, 0.15) is 0 Å². The standard InChI is InChI=1S/C13H17N/c1-5-13(14-4)9-12-7-10(2)6-11(3)8-12/h1,6-8,13-14H,9H2,2-4H3. The van der Waals surface area contributed by atoms with Gasteiger partial charge in [-0.25, -0.2) is 0 Å². The third-order valence-corrected chi connectivity index (χ3v) is 2.27. The number of hydrogen-bond acceptors (Lipinski definition) is 1. The Morgan fingerprint density at radius 2 is 1.86 bits per heavy atom. The Bertz CT molecular complexity index is 326. The van der Waals surface area contributed by atoms with E-state index in [2.05, 4.69) is 43.3 Å². The summed E-state index contributed by atoms with van der Waals surface area (Å²) in [5.74, 6) is 2.73. The van der Waals surface area contributed by atoms with Crippen molar-refractivity contribution >= 4 is 0 Å². The second kappa shape index (κ2) is 4.83. The lowest BCUT2D eigenvalue weighted by Gasteiger charge is -2.10. The van der Waals surface area contributed by atoms with Gasteiger partial charge in [-0.1, -0.05) is 35.2 Å². The van der Waals surface area contributed by atoms with Crippen LogP contribution in [0.15, 0.2) is 18.2 Å².